The average molecular weight is 456 g/mol. The van der Waals surface area contributed by atoms with E-state index in [0.717, 1.165) is 12.0 Å². The molecule has 0 saturated carbocycles. The molecule has 0 radical (unpaired) electrons. The Morgan fingerprint density at radius 2 is 1.84 bits per heavy atom. The van der Waals surface area contributed by atoms with Gasteiger partial charge in [0.15, 0.2) is 5.11 Å². The minimum absolute atomic E-state index is 0.0103. The van der Waals surface area contributed by atoms with E-state index in [9.17, 15) is 14.9 Å². The molecule has 0 aliphatic rings. The number of rotatable bonds is 7. The molecular weight excluding hydrogens is 438 g/mol. The number of anilines is 1. The number of carbonyl (C=O) groups excluding carboxylic acids is 1. The Kier molecular flexibility index (Phi) is 7.53. The molecule has 0 fully saturated rings. The Labute approximate surface area is 189 Å². The van der Waals surface area contributed by atoms with E-state index in [2.05, 4.69) is 10.6 Å². The summed E-state index contributed by atoms with van der Waals surface area (Å²) in [5, 5.41) is 16.2. The number of benzene rings is 3. The molecule has 3 aromatic rings. The van der Waals surface area contributed by atoms with Gasteiger partial charge in [-0.25, -0.2) is 0 Å². The lowest BCUT2D eigenvalue weighted by molar-refractivity contribution is -0.384. The number of ether oxygens (including phenoxy) is 1. The summed E-state index contributed by atoms with van der Waals surface area (Å²) >= 11 is 11.2. The van der Waals surface area contributed by atoms with Crippen molar-refractivity contribution in [2.24, 2.45) is 0 Å². The molecule has 0 aliphatic heterocycles. The zero-order valence-corrected chi connectivity index (χ0v) is 17.8. The number of hydrogen-bond donors (Lipinski definition) is 2. The zero-order chi connectivity index (χ0) is 22.2. The van der Waals surface area contributed by atoms with E-state index in [1.54, 1.807) is 24.3 Å². The van der Waals surface area contributed by atoms with Crippen LogP contribution in [0.25, 0.3) is 0 Å². The second-order valence-corrected chi connectivity index (χ2v) is 7.26. The number of amides is 1. The Morgan fingerprint density at radius 3 is 2.55 bits per heavy atom. The van der Waals surface area contributed by atoms with Crippen LogP contribution in [-0.2, 0) is 6.42 Å². The van der Waals surface area contributed by atoms with Crippen molar-refractivity contribution in [3.05, 3.63) is 99.1 Å². The summed E-state index contributed by atoms with van der Waals surface area (Å²) in [6, 6.07) is 20.6. The minimum atomic E-state index is -0.551. The van der Waals surface area contributed by atoms with Crippen LogP contribution in [0.15, 0.2) is 72.8 Å². The number of nitrogens with zero attached hydrogens (tertiary/aromatic N) is 1. The first-order chi connectivity index (χ1) is 14.9. The van der Waals surface area contributed by atoms with Gasteiger partial charge >= 0.3 is 0 Å². The summed E-state index contributed by atoms with van der Waals surface area (Å²) in [7, 11) is 0. The van der Waals surface area contributed by atoms with Gasteiger partial charge in [-0.3, -0.25) is 20.2 Å². The standard InChI is InChI=1S/C22H18ClN3O4S/c23-19-14-17(26(28)29)9-10-20(19)24-22(31)25-21(27)16-7-4-8-18(13-16)30-12-11-15-5-2-1-3-6-15/h1-10,13-14H,11-12H2,(H2,24,25,27,31). The molecule has 7 nitrogen and oxygen atoms in total. The molecule has 0 atom stereocenters. The van der Waals surface area contributed by atoms with Gasteiger partial charge in [0.1, 0.15) is 5.75 Å². The first-order valence-electron chi connectivity index (χ1n) is 9.25. The Bertz CT molecular complexity index is 1110. The van der Waals surface area contributed by atoms with Gasteiger partial charge in [-0.2, -0.15) is 0 Å². The molecule has 0 bridgehead atoms. The van der Waals surface area contributed by atoms with Crippen molar-refractivity contribution in [3.8, 4) is 5.75 Å². The number of nitro groups is 1. The van der Waals surface area contributed by atoms with Gasteiger partial charge in [-0.15, -0.1) is 0 Å². The van der Waals surface area contributed by atoms with Crippen LogP contribution in [0.3, 0.4) is 0 Å². The summed E-state index contributed by atoms with van der Waals surface area (Å²) < 4.78 is 5.75. The number of carbonyl (C=O) groups is 1. The lowest BCUT2D eigenvalue weighted by Gasteiger charge is -2.12. The van der Waals surface area contributed by atoms with Crippen molar-refractivity contribution in [2.75, 3.05) is 11.9 Å². The van der Waals surface area contributed by atoms with Crippen molar-refractivity contribution in [1.82, 2.24) is 5.32 Å². The fourth-order valence-electron chi connectivity index (χ4n) is 2.71. The van der Waals surface area contributed by atoms with E-state index in [-0.39, 0.29) is 15.8 Å². The molecule has 0 saturated heterocycles. The Hall–Kier alpha value is -3.49. The van der Waals surface area contributed by atoms with E-state index in [1.165, 1.54) is 18.2 Å². The van der Waals surface area contributed by atoms with Crippen LogP contribution >= 0.6 is 23.8 Å². The monoisotopic (exact) mass is 455 g/mol. The maximum absolute atomic E-state index is 12.5. The molecule has 31 heavy (non-hydrogen) atoms. The number of hydrogen-bond acceptors (Lipinski definition) is 5. The minimum Gasteiger partial charge on any atom is -0.493 e. The largest absolute Gasteiger partial charge is 0.493 e. The number of thiocarbonyl (C=S) groups is 1. The van der Waals surface area contributed by atoms with Crippen LogP contribution in [0.1, 0.15) is 15.9 Å². The molecule has 2 N–H and O–H groups in total. The van der Waals surface area contributed by atoms with E-state index in [0.29, 0.717) is 23.6 Å². The first kappa shape index (κ1) is 22.2. The number of nitrogens with one attached hydrogen (secondary N) is 2. The van der Waals surface area contributed by atoms with Crippen LogP contribution in [-0.4, -0.2) is 22.5 Å². The van der Waals surface area contributed by atoms with Gasteiger partial charge in [0.25, 0.3) is 11.6 Å². The average Bonchev–Trinajstić information content (AvgIpc) is 2.76. The number of nitro benzene ring substituents is 1. The highest BCUT2D eigenvalue weighted by atomic mass is 35.5. The van der Waals surface area contributed by atoms with Crippen LogP contribution in [0.4, 0.5) is 11.4 Å². The van der Waals surface area contributed by atoms with Crippen LogP contribution in [0.5, 0.6) is 5.75 Å². The molecule has 0 unspecified atom stereocenters. The normalized spacial score (nSPS) is 10.2. The molecule has 9 heteroatoms. The summed E-state index contributed by atoms with van der Waals surface area (Å²) in [6.45, 7) is 0.480. The van der Waals surface area contributed by atoms with Crippen molar-refractivity contribution >= 4 is 46.2 Å². The topological polar surface area (TPSA) is 93.5 Å². The number of halogens is 1. The van der Waals surface area contributed by atoms with E-state index in [4.69, 9.17) is 28.6 Å². The van der Waals surface area contributed by atoms with Crippen molar-refractivity contribution in [2.45, 2.75) is 6.42 Å². The second-order valence-electron chi connectivity index (χ2n) is 6.44. The lowest BCUT2D eigenvalue weighted by Crippen LogP contribution is -2.34. The highest BCUT2D eigenvalue weighted by Gasteiger charge is 2.13. The van der Waals surface area contributed by atoms with Gasteiger partial charge < -0.3 is 10.1 Å². The van der Waals surface area contributed by atoms with Gasteiger partial charge in [-0.1, -0.05) is 48.0 Å². The van der Waals surface area contributed by atoms with Crippen molar-refractivity contribution in [3.63, 3.8) is 0 Å². The van der Waals surface area contributed by atoms with Gasteiger partial charge in [-0.05, 0) is 42.0 Å². The highest BCUT2D eigenvalue weighted by Crippen LogP contribution is 2.26. The molecular formula is C22H18ClN3O4S. The second kappa shape index (κ2) is 10.5. The molecule has 1 amide bonds. The zero-order valence-electron chi connectivity index (χ0n) is 16.2. The third-order valence-electron chi connectivity index (χ3n) is 4.24. The SMILES string of the molecule is O=C(NC(=S)Nc1ccc([N+](=O)[O-])cc1Cl)c1cccc(OCCc2ccccc2)c1. The fraction of sp³-hybridized carbons (Fsp3) is 0.0909. The molecule has 0 spiro atoms. The third-order valence-corrected chi connectivity index (χ3v) is 4.75. The van der Waals surface area contributed by atoms with Gasteiger partial charge in [0.2, 0.25) is 0 Å². The third kappa shape index (κ3) is 6.50. The van der Waals surface area contributed by atoms with Gasteiger partial charge in [0, 0.05) is 24.1 Å². The summed E-state index contributed by atoms with van der Waals surface area (Å²) in [5.41, 5.74) is 1.74. The van der Waals surface area contributed by atoms with Crippen molar-refractivity contribution in [1.29, 1.82) is 0 Å². The molecule has 158 valence electrons. The molecule has 0 aliphatic carbocycles. The van der Waals surface area contributed by atoms with E-state index >= 15 is 0 Å². The summed E-state index contributed by atoms with van der Waals surface area (Å²) in [6.07, 6.45) is 0.751. The van der Waals surface area contributed by atoms with Crippen molar-refractivity contribution < 1.29 is 14.5 Å². The Morgan fingerprint density at radius 1 is 1.06 bits per heavy atom. The number of non-ortho nitro benzene ring substituents is 1. The maximum Gasteiger partial charge on any atom is 0.271 e. The predicted molar refractivity (Wildman–Crippen MR) is 124 cm³/mol. The van der Waals surface area contributed by atoms with E-state index < -0.39 is 10.8 Å². The quantitative estimate of drug-likeness (QED) is 0.296. The van der Waals surface area contributed by atoms with Crippen LogP contribution < -0.4 is 15.4 Å². The van der Waals surface area contributed by atoms with E-state index in [1.807, 2.05) is 30.3 Å². The molecule has 3 aromatic carbocycles. The first-order valence-corrected chi connectivity index (χ1v) is 10.0. The maximum atomic E-state index is 12.5. The molecule has 0 aromatic heterocycles. The Balaban J connectivity index is 1.55. The van der Waals surface area contributed by atoms with Gasteiger partial charge in [0.05, 0.1) is 22.2 Å². The molecule has 3 rings (SSSR count). The fourth-order valence-corrected chi connectivity index (χ4v) is 3.13. The lowest BCUT2D eigenvalue weighted by atomic mass is 10.2. The summed E-state index contributed by atoms with van der Waals surface area (Å²) in [5.74, 6) is 0.143. The summed E-state index contributed by atoms with van der Waals surface area (Å²) in [4.78, 5) is 22.7. The van der Waals surface area contributed by atoms with Crippen LogP contribution in [0.2, 0.25) is 5.02 Å². The predicted octanol–water partition coefficient (Wildman–Crippen LogP) is 5.00. The highest BCUT2D eigenvalue weighted by molar-refractivity contribution is 7.80. The van der Waals surface area contributed by atoms with Crippen LogP contribution in [0, 0.1) is 10.1 Å². The smallest absolute Gasteiger partial charge is 0.271 e. The molecule has 0 heterocycles.